The van der Waals surface area contributed by atoms with Crippen molar-refractivity contribution in [3.8, 4) is 0 Å². The van der Waals surface area contributed by atoms with Gasteiger partial charge in [0, 0.05) is 14.0 Å². The maximum Gasteiger partial charge on any atom is 0.302 e. The molecule has 26 heavy (non-hydrogen) atoms. The molecule has 1 saturated heterocycles. The van der Waals surface area contributed by atoms with E-state index in [4.69, 9.17) is 9.47 Å². The van der Waals surface area contributed by atoms with Crippen molar-refractivity contribution in [1.82, 2.24) is 4.31 Å². The summed E-state index contributed by atoms with van der Waals surface area (Å²) in [5.41, 5.74) is 0.988. The van der Waals surface area contributed by atoms with Crippen LogP contribution in [0.25, 0.3) is 0 Å². The highest BCUT2D eigenvalue weighted by Gasteiger charge is 2.45. The van der Waals surface area contributed by atoms with Crippen LogP contribution in [0.4, 0.5) is 0 Å². The number of esters is 1. The highest BCUT2D eigenvalue weighted by Crippen LogP contribution is 2.34. The molecule has 7 heteroatoms. The lowest BCUT2D eigenvalue weighted by molar-refractivity contribution is -0.156. The van der Waals surface area contributed by atoms with E-state index in [2.05, 4.69) is 0 Å². The lowest BCUT2D eigenvalue weighted by atomic mass is 9.92. The summed E-state index contributed by atoms with van der Waals surface area (Å²) in [6, 6.07) is 6.32. The maximum atomic E-state index is 13.4. The van der Waals surface area contributed by atoms with Crippen LogP contribution in [-0.4, -0.2) is 44.2 Å². The second kappa shape index (κ2) is 8.50. The molecule has 0 aromatic heterocycles. The first-order chi connectivity index (χ1) is 12.2. The van der Waals surface area contributed by atoms with E-state index >= 15 is 0 Å². The van der Waals surface area contributed by atoms with Gasteiger partial charge in [0.05, 0.1) is 10.9 Å². The minimum Gasteiger partial charge on any atom is -0.461 e. The quantitative estimate of drug-likeness (QED) is 0.706. The summed E-state index contributed by atoms with van der Waals surface area (Å²) in [5, 5.41) is 0. The lowest BCUT2D eigenvalue weighted by Gasteiger charge is -2.44. The molecule has 0 amide bonds. The van der Waals surface area contributed by atoms with Crippen LogP contribution in [-0.2, 0) is 24.3 Å². The number of hydrogen-bond donors (Lipinski definition) is 0. The van der Waals surface area contributed by atoms with E-state index in [1.54, 1.807) is 24.3 Å². The van der Waals surface area contributed by atoms with E-state index in [1.807, 2.05) is 20.8 Å². The van der Waals surface area contributed by atoms with E-state index in [0.717, 1.165) is 12.0 Å². The SMILES string of the molecule is CO[C@H]1CCC[C@@H](C(OC(C)=O)C(C)C)N1S(=O)(=O)c1ccc(C)cc1. The summed E-state index contributed by atoms with van der Waals surface area (Å²) in [6.45, 7) is 7.12. The number of hydrogen-bond acceptors (Lipinski definition) is 5. The van der Waals surface area contributed by atoms with E-state index in [9.17, 15) is 13.2 Å². The zero-order chi connectivity index (χ0) is 19.5. The van der Waals surface area contributed by atoms with Gasteiger partial charge < -0.3 is 9.47 Å². The third-order valence-corrected chi connectivity index (χ3v) is 6.70. The predicted molar refractivity (Wildman–Crippen MR) is 99.0 cm³/mol. The first-order valence-corrected chi connectivity index (χ1v) is 10.4. The van der Waals surface area contributed by atoms with Crippen molar-refractivity contribution in [3.63, 3.8) is 0 Å². The summed E-state index contributed by atoms with van der Waals surface area (Å²) in [6.07, 6.45) is 0.958. The van der Waals surface area contributed by atoms with Crippen LogP contribution in [0.3, 0.4) is 0 Å². The van der Waals surface area contributed by atoms with Crippen LogP contribution < -0.4 is 0 Å². The molecule has 1 aromatic rings. The Morgan fingerprint density at radius 2 is 1.81 bits per heavy atom. The topological polar surface area (TPSA) is 72.9 Å². The van der Waals surface area contributed by atoms with Crippen LogP contribution in [0.5, 0.6) is 0 Å². The van der Waals surface area contributed by atoms with E-state index in [0.29, 0.717) is 12.8 Å². The number of carbonyl (C=O) groups is 1. The average molecular weight is 384 g/mol. The molecule has 0 aliphatic carbocycles. The Balaban J connectivity index is 2.49. The van der Waals surface area contributed by atoms with Gasteiger partial charge in [-0.25, -0.2) is 8.42 Å². The second-order valence-electron chi connectivity index (χ2n) is 7.15. The van der Waals surface area contributed by atoms with Gasteiger partial charge in [-0.15, -0.1) is 0 Å². The van der Waals surface area contributed by atoms with Crippen LogP contribution in [0.15, 0.2) is 29.2 Å². The summed E-state index contributed by atoms with van der Waals surface area (Å²) in [4.78, 5) is 11.8. The molecule has 1 aliphatic rings. The zero-order valence-electron chi connectivity index (χ0n) is 16.1. The Labute approximate surface area is 156 Å². The number of methoxy groups -OCH3 is 1. The minimum atomic E-state index is -3.79. The number of aryl methyl sites for hydroxylation is 1. The molecule has 3 atom stereocenters. The molecule has 0 bridgehead atoms. The lowest BCUT2D eigenvalue weighted by Crippen LogP contribution is -2.57. The van der Waals surface area contributed by atoms with Crippen LogP contribution >= 0.6 is 0 Å². The molecule has 1 unspecified atom stereocenters. The van der Waals surface area contributed by atoms with E-state index in [1.165, 1.54) is 18.3 Å². The highest BCUT2D eigenvalue weighted by atomic mass is 32.2. The fourth-order valence-corrected chi connectivity index (χ4v) is 5.32. The van der Waals surface area contributed by atoms with Gasteiger partial charge >= 0.3 is 5.97 Å². The number of ether oxygens (including phenoxy) is 2. The first kappa shape index (κ1) is 20.9. The molecule has 1 heterocycles. The number of nitrogens with zero attached hydrogens (tertiary/aromatic N) is 1. The molecular weight excluding hydrogens is 354 g/mol. The van der Waals surface area contributed by atoms with Crippen molar-refractivity contribution in [2.24, 2.45) is 5.92 Å². The summed E-state index contributed by atoms with van der Waals surface area (Å²) < 4.78 is 39.2. The fourth-order valence-electron chi connectivity index (χ4n) is 3.52. The Kier molecular flexibility index (Phi) is 6.82. The number of piperidine rings is 1. The predicted octanol–water partition coefficient (Wildman–Crippen LogP) is 3.10. The van der Waals surface area contributed by atoms with Gasteiger partial charge in [-0.05, 0) is 44.2 Å². The molecule has 0 radical (unpaired) electrons. The van der Waals surface area contributed by atoms with Gasteiger partial charge in [0.15, 0.2) is 0 Å². The fraction of sp³-hybridized carbons (Fsp3) is 0.632. The van der Waals surface area contributed by atoms with Crippen LogP contribution in [0.1, 0.15) is 45.6 Å². The van der Waals surface area contributed by atoms with Gasteiger partial charge in [0.2, 0.25) is 10.0 Å². The summed E-state index contributed by atoms with van der Waals surface area (Å²) in [7, 11) is -2.27. The molecule has 0 N–H and O–H groups in total. The summed E-state index contributed by atoms with van der Waals surface area (Å²) in [5.74, 6) is -0.425. The monoisotopic (exact) mass is 383 g/mol. The molecule has 1 aliphatic heterocycles. The second-order valence-corrected chi connectivity index (χ2v) is 9.00. The Morgan fingerprint density at radius 3 is 2.31 bits per heavy atom. The smallest absolute Gasteiger partial charge is 0.302 e. The Morgan fingerprint density at radius 1 is 1.19 bits per heavy atom. The molecule has 0 spiro atoms. The van der Waals surface area contributed by atoms with E-state index in [-0.39, 0.29) is 10.8 Å². The van der Waals surface area contributed by atoms with Gasteiger partial charge in [0.25, 0.3) is 0 Å². The number of rotatable bonds is 6. The molecule has 1 aromatic carbocycles. The molecule has 1 fully saturated rings. The van der Waals surface area contributed by atoms with Crippen molar-refractivity contribution in [3.05, 3.63) is 29.8 Å². The maximum absolute atomic E-state index is 13.4. The van der Waals surface area contributed by atoms with Crippen molar-refractivity contribution in [1.29, 1.82) is 0 Å². The van der Waals surface area contributed by atoms with E-state index < -0.39 is 34.4 Å². The van der Waals surface area contributed by atoms with Gasteiger partial charge in [0.1, 0.15) is 12.3 Å². The number of carbonyl (C=O) groups excluding carboxylic acids is 1. The van der Waals surface area contributed by atoms with Gasteiger partial charge in [-0.2, -0.15) is 4.31 Å². The molecular formula is C19H29NO5S. The largest absolute Gasteiger partial charge is 0.461 e. The Bertz CT molecular complexity index is 714. The average Bonchev–Trinajstić information content (AvgIpc) is 2.59. The highest BCUT2D eigenvalue weighted by molar-refractivity contribution is 7.89. The van der Waals surface area contributed by atoms with Gasteiger partial charge in [-0.3, -0.25) is 4.79 Å². The zero-order valence-corrected chi connectivity index (χ0v) is 17.0. The Hall–Kier alpha value is -1.44. The number of sulfonamides is 1. The van der Waals surface area contributed by atoms with Crippen LogP contribution in [0, 0.1) is 12.8 Å². The number of benzene rings is 1. The van der Waals surface area contributed by atoms with Gasteiger partial charge in [-0.1, -0.05) is 31.5 Å². The van der Waals surface area contributed by atoms with Crippen molar-refractivity contribution in [2.75, 3.05) is 7.11 Å². The minimum absolute atomic E-state index is 0.0183. The first-order valence-electron chi connectivity index (χ1n) is 8.98. The van der Waals surface area contributed by atoms with Crippen LogP contribution in [0.2, 0.25) is 0 Å². The molecule has 0 saturated carbocycles. The summed E-state index contributed by atoms with van der Waals surface area (Å²) >= 11 is 0. The van der Waals surface area contributed by atoms with Crippen molar-refractivity contribution < 1.29 is 22.7 Å². The molecule has 6 nitrogen and oxygen atoms in total. The standard InChI is InChI=1S/C19H29NO5S/c1-13(2)19(25-15(4)21)17-7-6-8-18(24-5)20(17)26(22,23)16-11-9-14(3)10-12-16/h9-13,17-19H,6-8H2,1-5H3/t17-,18-,19?/m0/s1. The molecule has 2 rings (SSSR count). The third-order valence-electron chi connectivity index (χ3n) is 4.77. The van der Waals surface area contributed by atoms with Crippen molar-refractivity contribution >= 4 is 16.0 Å². The normalized spacial score (nSPS) is 23.0. The third kappa shape index (κ3) is 4.45. The molecule has 146 valence electrons. The van der Waals surface area contributed by atoms with Crippen molar-refractivity contribution in [2.45, 2.75) is 70.2 Å².